The van der Waals surface area contributed by atoms with Gasteiger partial charge in [-0.15, -0.1) is 0 Å². The summed E-state index contributed by atoms with van der Waals surface area (Å²) in [5, 5.41) is 2.82. The maximum atomic E-state index is 13.2. The third-order valence-electron chi connectivity index (χ3n) is 5.26. The molecular formula is C24H23N3O4. The maximum Gasteiger partial charge on any atom is 0.332 e. The normalized spacial score (nSPS) is 16.1. The number of imide groups is 1. The Bertz CT molecular complexity index is 1060. The van der Waals surface area contributed by atoms with Crippen LogP contribution in [0.25, 0.3) is 0 Å². The van der Waals surface area contributed by atoms with E-state index in [-0.39, 0.29) is 18.9 Å². The Morgan fingerprint density at radius 3 is 2.39 bits per heavy atom. The molecule has 0 radical (unpaired) electrons. The second-order valence-electron chi connectivity index (χ2n) is 7.32. The summed E-state index contributed by atoms with van der Waals surface area (Å²) in [6, 6.07) is 18.3. The van der Waals surface area contributed by atoms with E-state index in [4.69, 9.17) is 4.42 Å². The quantitative estimate of drug-likeness (QED) is 0.584. The third kappa shape index (κ3) is 4.35. The molecule has 31 heavy (non-hydrogen) atoms. The SMILES string of the molecule is CCc1ccc(NC(=O)C[C@@H]2C(=O)N(c3ccccc3)C(=O)N2Cc2ccco2)cc1. The third-order valence-corrected chi connectivity index (χ3v) is 5.26. The number of aryl methyl sites for hydroxylation is 1. The van der Waals surface area contributed by atoms with Crippen molar-refractivity contribution in [3.8, 4) is 0 Å². The van der Waals surface area contributed by atoms with E-state index in [1.54, 1.807) is 36.4 Å². The van der Waals surface area contributed by atoms with Crippen molar-refractivity contribution >= 4 is 29.2 Å². The van der Waals surface area contributed by atoms with E-state index >= 15 is 0 Å². The smallest absolute Gasteiger partial charge is 0.332 e. The number of urea groups is 1. The minimum atomic E-state index is -0.923. The summed E-state index contributed by atoms with van der Waals surface area (Å²) >= 11 is 0. The molecule has 1 aliphatic rings. The van der Waals surface area contributed by atoms with Crippen LogP contribution in [-0.4, -0.2) is 28.8 Å². The van der Waals surface area contributed by atoms with Crippen molar-refractivity contribution in [1.82, 2.24) is 4.90 Å². The number of benzene rings is 2. The molecule has 7 heteroatoms. The Morgan fingerprint density at radius 2 is 1.74 bits per heavy atom. The van der Waals surface area contributed by atoms with Crippen LogP contribution in [0.1, 0.15) is 24.7 Å². The summed E-state index contributed by atoms with van der Waals surface area (Å²) in [6.45, 7) is 2.16. The van der Waals surface area contributed by atoms with Crippen molar-refractivity contribution in [2.45, 2.75) is 32.4 Å². The van der Waals surface area contributed by atoms with E-state index in [9.17, 15) is 14.4 Å². The van der Waals surface area contributed by atoms with Gasteiger partial charge in [-0.1, -0.05) is 37.3 Å². The number of para-hydroxylation sites is 1. The van der Waals surface area contributed by atoms with Crippen LogP contribution in [0.4, 0.5) is 16.2 Å². The van der Waals surface area contributed by atoms with Crippen LogP contribution in [0.2, 0.25) is 0 Å². The van der Waals surface area contributed by atoms with Crippen LogP contribution in [0.5, 0.6) is 0 Å². The zero-order valence-corrected chi connectivity index (χ0v) is 17.2. The van der Waals surface area contributed by atoms with E-state index in [2.05, 4.69) is 12.2 Å². The Kier molecular flexibility index (Phi) is 5.84. The van der Waals surface area contributed by atoms with Gasteiger partial charge in [-0.2, -0.15) is 0 Å². The minimum absolute atomic E-state index is 0.101. The molecule has 7 nitrogen and oxygen atoms in total. The fourth-order valence-electron chi connectivity index (χ4n) is 3.61. The number of carbonyl (C=O) groups excluding carboxylic acids is 3. The van der Waals surface area contributed by atoms with Crippen molar-refractivity contribution in [2.24, 2.45) is 0 Å². The lowest BCUT2D eigenvalue weighted by atomic mass is 10.1. The number of carbonyl (C=O) groups is 3. The van der Waals surface area contributed by atoms with Gasteiger partial charge in [0.1, 0.15) is 11.8 Å². The molecule has 0 saturated carbocycles. The Balaban J connectivity index is 1.55. The number of nitrogens with zero attached hydrogens (tertiary/aromatic N) is 2. The summed E-state index contributed by atoms with van der Waals surface area (Å²) in [4.78, 5) is 41.5. The fourth-order valence-corrected chi connectivity index (χ4v) is 3.61. The van der Waals surface area contributed by atoms with Gasteiger partial charge in [0.2, 0.25) is 5.91 Å². The van der Waals surface area contributed by atoms with E-state index in [0.717, 1.165) is 16.9 Å². The number of hydrogen-bond donors (Lipinski definition) is 1. The predicted octanol–water partition coefficient (Wildman–Crippen LogP) is 4.21. The number of furan rings is 1. The van der Waals surface area contributed by atoms with Crippen LogP contribution in [0.3, 0.4) is 0 Å². The van der Waals surface area contributed by atoms with Crippen molar-refractivity contribution in [3.05, 3.63) is 84.3 Å². The molecule has 158 valence electrons. The van der Waals surface area contributed by atoms with Gasteiger partial charge in [0, 0.05) is 5.69 Å². The van der Waals surface area contributed by atoms with Crippen molar-refractivity contribution in [3.63, 3.8) is 0 Å². The lowest BCUT2D eigenvalue weighted by molar-refractivity contribution is -0.124. The maximum absolute atomic E-state index is 13.2. The largest absolute Gasteiger partial charge is 0.467 e. The molecule has 2 aromatic carbocycles. The first kappa shape index (κ1) is 20.4. The van der Waals surface area contributed by atoms with Gasteiger partial charge in [-0.25, -0.2) is 9.69 Å². The summed E-state index contributed by atoms with van der Waals surface area (Å²) in [5.74, 6) is -0.231. The topological polar surface area (TPSA) is 82.9 Å². The Labute approximate surface area is 180 Å². The van der Waals surface area contributed by atoms with E-state index in [1.807, 2.05) is 30.3 Å². The molecule has 2 heterocycles. The zero-order chi connectivity index (χ0) is 21.8. The second-order valence-corrected chi connectivity index (χ2v) is 7.32. The van der Waals surface area contributed by atoms with Gasteiger partial charge in [0.25, 0.3) is 5.91 Å². The molecule has 1 saturated heterocycles. The average Bonchev–Trinajstić information content (AvgIpc) is 3.37. The molecule has 1 fully saturated rings. The number of anilines is 2. The molecule has 0 bridgehead atoms. The van der Waals surface area contributed by atoms with E-state index in [1.165, 1.54) is 11.2 Å². The zero-order valence-electron chi connectivity index (χ0n) is 17.2. The predicted molar refractivity (Wildman–Crippen MR) is 116 cm³/mol. The van der Waals surface area contributed by atoms with Crippen molar-refractivity contribution < 1.29 is 18.8 Å². The molecular weight excluding hydrogens is 394 g/mol. The molecule has 0 aliphatic carbocycles. The molecule has 4 amide bonds. The first-order valence-corrected chi connectivity index (χ1v) is 10.2. The molecule has 1 N–H and O–H groups in total. The van der Waals surface area contributed by atoms with Crippen molar-refractivity contribution in [2.75, 3.05) is 10.2 Å². The summed E-state index contributed by atoms with van der Waals surface area (Å²) in [6.07, 6.45) is 2.27. The monoisotopic (exact) mass is 417 g/mol. The summed E-state index contributed by atoms with van der Waals surface area (Å²) < 4.78 is 5.37. The fraction of sp³-hybridized carbons (Fsp3) is 0.208. The highest BCUT2D eigenvalue weighted by atomic mass is 16.3. The standard InChI is InChI=1S/C24H23N3O4/c1-2-17-10-12-18(13-11-17)25-22(28)15-21-23(29)27(19-7-4-3-5-8-19)24(30)26(21)16-20-9-6-14-31-20/h3-14,21H,2,15-16H2,1H3,(H,25,28)/t21-/m1/s1. The second kappa shape index (κ2) is 8.87. The molecule has 1 aliphatic heterocycles. The number of hydrogen-bond acceptors (Lipinski definition) is 4. The first-order chi connectivity index (χ1) is 15.1. The number of nitrogens with one attached hydrogen (secondary N) is 1. The van der Waals surface area contributed by atoms with E-state index < -0.39 is 18.0 Å². The Hall–Kier alpha value is -3.87. The van der Waals surface area contributed by atoms with Crippen molar-refractivity contribution in [1.29, 1.82) is 0 Å². The molecule has 0 spiro atoms. The molecule has 1 aromatic heterocycles. The molecule has 1 atom stereocenters. The lowest BCUT2D eigenvalue weighted by Gasteiger charge is -2.20. The van der Waals surface area contributed by atoms with Gasteiger partial charge >= 0.3 is 6.03 Å². The average molecular weight is 417 g/mol. The number of amides is 4. The highest BCUT2D eigenvalue weighted by Gasteiger charge is 2.46. The lowest BCUT2D eigenvalue weighted by Crippen LogP contribution is -2.37. The van der Waals surface area contributed by atoms with Gasteiger partial charge < -0.3 is 14.6 Å². The van der Waals surface area contributed by atoms with Gasteiger partial charge in [0.05, 0.1) is 24.9 Å². The molecule has 0 unspecified atom stereocenters. The highest BCUT2D eigenvalue weighted by molar-refractivity contribution is 6.22. The van der Waals surface area contributed by atoms with Crippen LogP contribution in [0.15, 0.2) is 77.4 Å². The molecule has 4 rings (SSSR count). The minimum Gasteiger partial charge on any atom is -0.467 e. The highest BCUT2D eigenvalue weighted by Crippen LogP contribution is 2.28. The Morgan fingerprint density at radius 1 is 1.00 bits per heavy atom. The van der Waals surface area contributed by atoms with E-state index in [0.29, 0.717) is 17.1 Å². The van der Waals surface area contributed by atoms with Crippen LogP contribution in [-0.2, 0) is 22.6 Å². The summed E-state index contributed by atoms with van der Waals surface area (Å²) in [7, 11) is 0. The van der Waals surface area contributed by atoms with Crippen LogP contribution >= 0.6 is 0 Å². The number of rotatable bonds is 7. The summed E-state index contributed by atoms with van der Waals surface area (Å²) in [5.41, 5.74) is 2.29. The van der Waals surface area contributed by atoms with Gasteiger partial charge in [-0.05, 0) is 48.4 Å². The first-order valence-electron chi connectivity index (χ1n) is 10.2. The van der Waals surface area contributed by atoms with Gasteiger partial charge in [-0.3, -0.25) is 9.59 Å². The van der Waals surface area contributed by atoms with Crippen LogP contribution < -0.4 is 10.2 Å². The van der Waals surface area contributed by atoms with Gasteiger partial charge in [0.15, 0.2) is 0 Å². The van der Waals surface area contributed by atoms with Crippen LogP contribution in [0, 0.1) is 0 Å². The molecule has 3 aromatic rings.